The highest BCUT2D eigenvalue weighted by molar-refractivity contribution is 6.32. The van der Waals surface area contributed by atoms with Crippen LogP contribution in [0.4, 0.5) is 0 Å². The van der Waals surface area contributed by atoms with Crippen LogP contribution in [-0.4, -0.2) is 44.7 Å². The minimum absolute atomic E-state index is 0.0201. The van der Waals surface area contributed by atoms with Gasteiger partial charge in [0.2, 0.25) is 0 Å². The number of ketones is 5. The van der Waals surface area contributed by atoms with Crippen LogP contribution >= 0.6 is 0 Å². The summed E-state index contributed by atoms with van der Waals surface area (Å²) >= 11 is 0. The summed E-state index contributed by atoms with van der Waals surface area (Å²) in [6.07, 6.45) is 3.34. The molecule has 2 N–H and O–H groups in total. The molecule has 3 aliphatic rings. The van der Waals surface area contributed by atoms with Crippen LogP contribution in [0.2, 0.25) is 0 Å². The van der Waals surface area contributed by atoms with E-state index in [1.54, 1.807) is 20.8 Å². The molecular formula is C39H48O7. The lowest BCUT2D eigenvalue weighted by molar-refractivity contribution is -0.205. The maximum absolute atomic E-state index is 14.6. The largest absolute Gasteiger partial charge is 0.507 e. The molecule has 3 unspecified atom stereocenters. The SMILES string of the molecule is CCc1cccc(CCCc2cc(C(C)C)c3c(c2O)C(=O)C2C(=O)[C@@]4(O)C(=O)C(C(C)=O)C(=O)C(C(C)C)[C@@]4(C)C[C@@]2(C)C3)c1. The van der Waals surface area contributed by atoms with Crippen molar-refractivity contribution in [1.82, 2.24) is 0 Å². The fourth-order valence-corrected chi connectivity index (χ4v) is 9.48. The second-order valence-corrected chi connectivity index (χ2v) is 15.3. The first-order valence-electron chi connectivity index (χ1n) is 16.8. The fourth-order valence-electron chi connectivity index (χ4n) is 9.48. The molecule has 0 saturated heterocycles. The van der Waals surface area contributed by atoms with Gasteiger partial charge < -0.3 is 10.2 Å². The van der Waals surface area contributed by atoms with Crippen LogP contribution in [0, 0.1) is 34.5 Å². The molecule has 7 heteroatoms. The third-order valence-corrected chi connectivity index (χ3v) is 11.4. The number of aromatic hydroxyl groups is 1. The van der Waals surface area contributed by atoms with Crippen molar-refractivity contribution in [2.24, 2.45) is 34.5 Å². The van der Waals surface area contributed by atoms with Gasteiger partial charge in [0.1, 0.15) is 17.5 Å². The number of carbonyl (C=O) groups is 5. The van der Waals surface area contributed by atoms with Gasteiger partial charge in [-0.15, -0.1) is 0 Å². The van der Waals surface area contributed by atoms with Gasteiger partial charge in [-0.2, -0.15) is 0 Å². The van der Waals surface area contributed by atoms with E-state index in [4.69, 9.17) is 0 Å². The molecule has 0 bridgehead atoms. The van der Waals surface area contributed by atoms with Crippen molar-refractivity contribution in [3.8, 4) is 5.75 Å². The molecule has 6 atom stereocenters. The van der Waals surface area contributed by atoms with E-state index in [2.05, 4.69) is 25.1 Å². The molecule has 0 amide bonds. The maximum Gasteiger partial charge on any atom is 0.190 e. The topological polar surface area (TPSA) is 126 Å². The number of carbonyl (C=O) groups excluding carboxylic acids is 5. The van der Waals surface area contributed by atoms with Crippen LogP contribution in [-0.2, 0) is 44.9 Å². The Hall–Kier alpha value is -3.45. The standard InChI is InChI=1S/C39H48O7/c1-9-23-12-10-13-24(16-23)14-11-15-25-17-26(20(2)3)27-18-37(7)19-38(8)30(21(4)5)33(42)28(22(6)40)35(44)39(38,46)36(45)31(37)34(43)29(27)32(25)41/h10,12-13,16-17,20-21,28,30-31,41,46H,9,11,14-15,18-19H2,1-8H3/t28?,30?,31?,37-,38-,39+/m1/s1. The predicted octanol–water partition coefficient (Wildman–Crippen LogP) is 5.95. The summed E-state index contributed by atoms with van der Waals surface area (Å²) in [5.41, 5.74) is -0.425. The first-order chi connectivity index (χ1) is 21.4. The number of rotatable bonds is 8. The van der Waals surface area contributed by atoms with Gasteiger partial charge in [0.15, 0.2) is 28.7 Å². The molecule has 46 heavy (non-hydrogen) atoms. The van der Waals surface area contributed by atoms with Crippen molar-refractivity contribution in [2.75, 3.05) is 0 Å². The molecule has 0 spiro atoms. The number of benzene rings is 2. The number of aryl methyl sites for hydroxylation is 3. The van der Waals surface area contributed by atoms with E-state index in [1.165, 1.54) is 11.1 Å². The van der Waals surface area contributed by atoms with Gasteiger partial charge in [-0.25, -0.2) is 0 Å². The van der Waals surface area contributed by atoms with E-state index < -0.39 is 63.1 Å². The van der Waals surface area contributed by atoms with E-state index in [1.807, 2.05) is 32.9 Å². The summed E-state index contributed by atoms with van der Waals surface area (Å²) in [7, 11) is 0. The van der Waals surface area contributed by atoms with Crippen molar-refractivity contribution in [1.29, 1.82) is 0 Å². The highest BCUT2D eigenvalue weighted by Gasteiger charge is 2.76. The molecule has 2 aromatic rings. The number of Topliss-reactive ketones (excluding diaryl/α,β-unsaturated/α-hetero) is 5. The van der Waals surface area contributed by atoms with Gasteiger partial charge in [0, 0.05) is 11.3 Å². The Balaban J connectivity index is 1.60. The van der Waals surface area contributed by atoms with Crippen molar-refractivity contribution in [3.63, 3.8) is 0 Å². The Labute approximate surface area is 272 Å². The van der Waals surface area contributed by atoms with Crippen molar-refractivity contribution in [3.05, 3.63) is 63.7 Å². The minimum atomic E-state index is -2.69. The molecule has 0 radical (unpaired) electrons. The van der Waals surface area contributed by atoms with Gasteiger partial charge in [0.05, 0.1) is 11.5 Å². The summed E-state index contributed by atoms with van der Waals surface area (Å²) in [4.78, 5) is 69.4. The summed E-state index contributed by atoms with van der Waals surface area (Å²) in [5.74, 6) is -8.58. The molecule has 0 aliphatic heterocycles. The zero-order valence-electron chi connectivity index (χ0n) is 28.5. The average molecular weight is 629 g/mol. The summed E-state index contributed by atoms with van der Waals surface area (Å²) < 4.78 is 0. The minimum Gasteiger partial charge on any atom is -0.507 e. The van der Waals surface area contributed by atoms with Gasteiger partial charge in [-0.05, 0) is 90.5 Å². The summed E-state index contributed by atoms with van der Waals surface area (Å²) in [5, 5.41) is 23.9. The number of hydrogen-bond acceptors (Lipinski definition) is 7. The van der Waals surface area contributed by atoms with Gasteiger partial charge in [-0.1, -0.05) is 78.8 Å². The zero-order chi connectivity index (χ0) is 34.1. The highest BCUT2D eigenvalue weighted by atomic mass is 16.3. The second kappa shape index (κ2) is 11.7. The van der Waals surface area contributed by atoms with Crippen molar-refractivity contribution >= 4 is 28.9 Å². The Morgan fingerprint density at radius 2 is 1.63 bits per heavy atom. The van der Waals surface area contributed by atoms with E-state index in [0.717, 1.165) is 31.7 Å². The van der Waals surface area contributed by atoms with E-state index in [0.29, 0.717) is 17.5 Å². The molecule has 2 fully saturated rings. The van der Waals surface area contributed by atoms with Crippen LogP contribution < -0.4 is 0 Å². The lowest BCUT2D eigenvalue weighted by atomic mass is 9.39. The Morgan fingerprint density at radius 1 is 0.978 bits per heavy atom. The normalized spacial score (nSPS) is 30.8. The van der Waals surface area contributed by atoms with Gasteiger partial charge in [-0.3, -0.25) is 24.0 Å². The number of aliphatic hydroxyl groups is 1. The summed E-state index contributed by atoms with van der Waals surface area (Å²) in [6.45, 7) is 14.3. The van der Waals surface area contributed by atoms with Crippen molar-refractivity contribution < 1.29 is 34.2 Å². The summed E-state index contributed by atoms with van der Waals surface area (Å²) in [6, 6.07) is 10.4. The van der Waals surface area contributed by atoms with E-state index in [-0.39, 0.29) is 36.0 Å². The van der Waals surface area contributed by atoms with E-state index >= 15 is 0 Å². The number of phenols is 1. The smallest absolute Gasteiger partial charge is 0.190 e. The Morgan fingerprint density at radius 3 is 2.22 bits per heavy atom. The first-order valence-corrected chi connectivity index (χ1v) is 16.8. The Bertz CT molecular complexity index is 1650. The van der Waals surface area contributed by atoms with Gasteiger partial charge >= 0.3 is 0 Å². The van der Waals surface area contributed by atoms with Crippen LogP contribution in [0.5, 0.6) is 5.75 Å². The molecule has 2 saturated carbocycles. The predicted molar refractivity (Wildman–Crippen MR) is 175 cm³/mol. The monoisotopic (exact) mass is 628 g/mol. The average Bonchev–Trinajstić information content (AvgIpc) is 2.95. The number of phenolic OH excluding ortho intramolecular Hbond substituents is 1. The van der Waals surface area contributed by atoms with Crippen LogP contribution in [0.3, 0.4) is 0 Å². The highest BCUT2D eigenvalue weighted by Crippen LogP contribution is 2.64. The third kappa shape index (κ3) is 4.83. The van der Waals surface area contributed by atoms with Crippen molar-refractivity contribution in [2.45, 2.75) is 105 Å². The maximum atomic E-state index is 14.6. The van der Waals surface area contributed by atoms with Crippen LogP contribution in [0.1, 0.15) is 112 Å². The third-order valence-electron chi connectivity index (χ3n) is 11.4. The molecule has 7 nitrogen and oxygen atoms in total. The molecule has 3 aliphatic carbocycles. The molecule has 0 heterocycles. The zero-order valence-corrected chi connectivity index (χ0v) is 28.5. The fraction of sp³-hybridized carbons (Fsp3) is 0.564. The quantitative estimate of drug-likeness (QED) is 0.346. The van der Waals surface area contributed by atoms with E-state index in [9.17, 15) is 34.2 Å². The number of fused-ring (bicyclic) bond motifs is 3. The molecule has 246 valence electrons. The molecule has 2 aromatic carbocycles. The lowest BCUT2D eigenvalue weighted by Crippen LogP contribution is -2.76. The van der Waals surface area contributed by atoms with Crippen LogP contribution in [0.15, 0.2) is 30.3 Å². The number of hydrogen-bond donors (Lipinski definition) is 2. The van der Waals surface area contributed by atoms with Crippen LogP contribution in [0.25, 0.3) is 0 Å². The molecular weight excluding hydrogens is 580 g/mol. The molecule has 0 aromatic heterocycles. The lowest BCUT2D eigenvalue weighted by Gasteiger charge is -2.62. The Kier molecular flexibility index (Phi) is 8.59. The molecule has 5 rings (SSSR count). The van der Waals surface area contributed by atoms with Gasteiger partial charge in [0.25, 0.3) is 0 Å². The first kappa shape index (κ1) is 33.9. The second-order valence-electron chi connectivity index (χ2n) is 15.3.